The van der Waals surface area contributed by atoms with E-state index < -0.39 is 12.3 Å². The van der Waals surface area contributed by atoms with Crippen molar-refractivity contribution in [1.29, 1.82) is 0 Å². The Morgan fingerprint density at radius 1 is 0.947 bits per heavy atom. The minimum Gasteiger partial charge on any atom is -0.348 e. The topological polar surface area (TPSA) is 110 Å². The molecule has 0 saturated heterocycles. The number of carbonyl (C=O) groups excluding carboxylic acids is 2. The number of nitrogens with zero attached hydrogens (tertiary/aromatic N) is 2. The van der Waals surface area contributed by atoms with Crippen LogP contribution in [-0.2, 0) is 15.1 Å². The molecule has 4 N–H and O–H groups in total. The summed E-state index contributed by atoms with van der Waals surface area (Å²) in [4.78, 5) is 24.0. The monoisotopic (exact) mass is 519 g/mol. The summed E-state index contributed by atoms with van der Waals surface area (Å²) in [6, 6.07) is 19.5. The molecule has 9 heteroatoms. The number of hydrogen-bond donors (Lipinski definition) is 3. The molecule has 2 saturated carbocycles. The van der Waals surface area contributed by atoms with Crippen LogP contribution in [0, 0.1) is 5.92 Å². The molecule has 0 radical (unpaired) electrons. The Hall–Kier alpha value is -3.72. The lowest BCUT2D eigenvalue weighted by Crippen LogP contribution is -2.40. The molecule has 2 aliphatic carbocycles. The van der Waals surface area contributed by atoms with Gasteiger partial charge in [-0.3, -0.25) is 9.59 Å². The van der Waals surface area contributed by atoms with Crippen LogP contribution < -0.4 is 16.4 Å². The summed E-state index contributed by atoms with van der Waals surface area (Å²) in [5, 5.41) is 14.0. The first-order chi connectivity index (χ1) is 18.3. The van der Waals surface area contributed by atoms with Crippen molar-refractivity contribution in [1.82, 2.24) is 15.5 Å². The van der Waals surface area contributed by atoms with Gasteiger partial charge in [0.2, 0.25) is 5.91 Å². The van der Waals surface area contributed by atoms with Crippen molar-refractivity contribution in [3.8, 4) is 22.4 Å². The van der Waals surface area contributed by atoms with Crippen LogP contribution in [-0.4, -0.2) is 34.5 Å². The Bertz CT molecular complexity index is 1290. The van der Waals surface area contributed by atoms with Gasteiger partial charge in [-0.2, -0.15) is 8.78 Å². The zero-order valence-corrected chi connectivity index (χ0v) is 21.0. The van der Waals surface area contributed by atoms with Crippen LogP contribution in [0.1, 0.15) is 50.5 Å². The van der Waals surface area contributed by atoms with E-state index in [1.54, 1.807) is 0 Å². The van der Waals surface area contributed by atoms with Gasteiger partial charge >= 0.3 is 6.43 Å². The SMILES string of the molecule is NC1(c2ccc(-c3nnc(NC(=O)C[C@H]4CC[C@H](NC(=O)C(F)F)CC4)cc3-c3ccccc3)cc2)CC1. The highest BCUT2D eigenvalue weighted by atomic mass is 19.3. The fourth-order valence-electron chi connectivity index (χ4n) is 5.12. The van der Waals surface area contributed by atoms with Crippen LogP contribution >= 0.6 is 0 Å². The number of halogens is 2. The number of hydrogen-bond acceptors (Lipinski definition) is 5. The molecule has 0 atom stereocenters. The highest BCUT2D eigenvalue weighted by molar-refractivity contribution is 5.91. The summed E-state index contributed by atoms with van der Waals surface area (Å²) in [5.74, 6) is -0.921. The maximum Gasteiger partial charge on any atom is 0.315 e. The van der Waals surface area contributed by atoms with E-state index in [1.165, 1.54) is 0 Å². The molecule has 2 aromatic carbocycles. The lowest BCUT2D eigenvalue weighted by Gasteiger charge is -2.28. The third-order valence-electron chi connectivity index (χ3n) is 7.53. The fraction of sp³-hybridized carbons (Fsp3) is 0.379. The van der Waals surface area contributed by atoms with Crippen LogP contribution in [0.4, 0.5) is 14.6 Å². The number of alkyl halides is 2. The van der Waals surface area contributed by atoms with Crippen molar-refractivity contribution in [2.75, 3.05) is 5.32 Å². The molecule has 0 unspecified atom stereocenters. The lowest BCUT2D eigenvalue weighted by atomic mass is 9.84. The van der Waals surface area contributed by atoms with Gasteiger partial charge < -0.3 is 16.4 Å². The molecule has 0 aliphatic heterocycles. The highest BCUT2D eigenvalue weighted by Gasteiger charge is 2.39. The van der Waals surface area contributed by atoms with E-state index in [9.17, 15) is 18.4 Å². The van der Waals surface area contributed by atoms with E-state index >= 15 is 0 Å². The summed E-state index contributed by atoms with van der Waals surface area (Å²) in [7, 11) is 0. The quantitative estimate of drug-likeness (QED) is 0.387. The first-order valence-corrected chi connectivity index (χ1v) is 13.0. The number of rotatable bonds is 8. The molecule has 5 rings (SSSR count). The average Bonchev–Trinajstić information content (AvgIpc) is 3.68. The Labute approximate surface area is 220 Å². The Morgan fingerprint density at radius 3 is 2.26 bits per heavy atom. The van der Waals surface area contributed by atoms with Gasteiger partial charge in [-0.1, -0.05) is 54.6 Å². The lowest BCUT2D eigenvalue weighted by molar-refractivity contribution is -0.132. The van der Waals surface area contributed by atoms with Gasteiger partial charge in [0.1, 0.15) is 5.69 Å². The summed E-state index contributed by atoms with van der Waals surface area (Å²) < 4.78 is 25.0. The summed E-state index contributed by atoms with van der Waals surface area (Å²) in [5.41, 5.74) is 10.7. The minimum absolute atomic E-state index is 0.117. The van der Waals surface area contributed by atoms with E-state index in [2.05, 4.69) is 20.8 Å². The molecule has 1 aromatic heterocycles. The maximum absolute atomic E-state index is 12.8. The van der Waals surface area contributed by atoms with Crippen molar-refractivity contribution in [2.24, 2.45) is 11.7 Å². The second kappa shape index (κ2) is 10.9. The van der Waals surface area contributed by atoms with E-state index in [0.717, 1.165) is 35.1 Å². The normalized spacial score (nSPS) is 20.1. The van der Waals surface area contributed by atoms with Crippen molar-refractivity contribution in [2.45, 2.75) is 63.0 Å². The maximum atomic E-state index is 12.8. The number of anilines is 1. The second-order valence-corrected chi connectivity index (χ2v) is 10.4. The van der Waals surface area contributed by atoms with Crippen molar-refractivity contribution < 1.29 is 18.4 Å². The number of nitrogens with two attached hydrogens (primary N) is 1. The number of carbonyl (C=O) groups is 2. The van der Waals surface area contributed by atoms with Gasteiger partial charge in [-0.05, 0) is 61.6 Å². The molecule has 1 heterocycles. The van der Waals surface area contributed by atoms with Gasteiger partial charge in [-0.15, -0.1) is 10.2 Å². The predicted octanol–water partition coefficient (Wildman–Crippen LogP) is 5.03. The first-order valence-electron chi connectivity index (χ1n) is 13.0. The Morgan fingerprint density at radius 2 is 1.63 bits per heavy atom. The predicted molar refractivity (Wildman–Crippen MR) is 141 cm³/mol. The molecule has 2 amide bonds. The van der Waals surface area contributed by atoms with Crippen molar-refractivity contribution >= 4 is 17.6 Å². The number of aromatic nitrogens is 2. The molecule has 198 valence electrons. The van der Waals surface area contributed by atoms with Crippen LogP contribution in [0.3, 0.4) is 0 Å². The summed E-state index contributed by atoms with van der Waals surface area (Å²) in [6.07, 6.45) is 1.79. The molecule has 38 heavy (non-hydrogen) atoms. The molecule has 0 bridgehead atoms. The summed E-state index contributed by atoms with van der Waals surface area (Å²) >= 11 is 0. The second-order valence-electron chi connectivity index (χ2n) is 10.4. The standard InChI is InChI=1S/C29H31F2N5O2/c30-27(31)28(38)33-22-12-6-18(7-13-22)16-25(37)34-24-17-23(19-4-2-1-3-5-19)26(36-35-24)20-8-10-21(11-9-20)29(32)14-15-29/h1-5,8-11,17-18,22,27H,6-7,12-16,32H2,(H,33,38)(H,34,35,37)/t18-,22-. The van der Waals surface area contributed by atoms with Crippen LogP contribution in [0.15, 0.2) is 60.7 Å². The number of amides is 2. The van der Waals surface area contributed by atoms with Gasteiger partial charge in [0.15, 0.2) is 5.82 Å². The molecular weight excluding hydrogens is 488 g/mol. The average molecular weight is 520 g/mol. The largest absolute Gasteiger partial charge is 0.348 e. The van der Waals surface area contributed by atoms with Gasteiger partial charge in [0.25, 0.3) is 5.91 Å². The zero-order valence-electron chi connectivity index (χ0n) is 21.0. The summed E-state index contributed by atoms with van der Waals surface area (Å²) in [6.45, 7) is 0. The molecule has 7 nitrogen and oxygen atoms in total. The molecular formula is C29H31F2N5O2. The van der Waals surface area contributed by atoms with E-state index in [4.69, 9.17) is 5.73 Å². The van der Waals surface area contributed by atoms with Gasteiger partial charge in [-0.25, -0.2) is 0 Å². The van der Waals surface area contributed by atoms with Crippen LogP contribution in [0.5, 0.6) is 0 Å². The fourth-order valence-corrected chi connectivity index (χ4v) is 5.12. The van der Waals surface area contributed by atoms with E-state index in [1.807, 2.05) is 60.7 Å². The van der Waals surface area contributed by atoms with Gasteiger partial charge in [0, 0.05) is 29.1 Å². The van der Waals surface area contributed by atoms with E-state index in [0.29, 0.717) is 43.6 Å². The molecule has 3 aromatic rings. The van der Waals surface area contributed by atoms with E-state index in [-0.39, 0.29) is 23.4 Å². The molecule has 2 fully saturated rings. The zero-order chi connectivity index (χ0) is 26.7. The minimum atomic E-state index is -3.01. The number of benzene rings is 2. The number of nitrogens with one attached hydrogen (secondary N) is 2. The third-order valence-corrected chi connectivity index (χ3v) is 7.53. The highest BCUT2D eigenvalue weighted by Crippen LogP contribution is 2.43. The molecule has 2 aliphatic rings. The third kappa shape index (κ3) is 6.05. The van der Waals surface area contributed by atoms with Crippen LogP contribution in [0.25, 0.3) is 22.4 Å². The Kier molecular flexibility index (Phi) is 7.46. The van der Waals surface area contributed by atoms with Gasteiger partial charge in [0.05, 0.1) is 0 Å². The van der Waals surface area contributed by atoms with Crippen molar-refractivity contribution in [3.05, 3.63) is 66.2 Å². The van der Waals surface area contributed by atoms with Crippen LogP contribution in [0.2, 0.25) is 0 Å². The smallest absolute Gasteiger partial charge is 0.315 e. The van der Waals surface area contributed by atoms with Crippen molar-refractivity contribution in [3.63, 3.8) is 0 Å². The molecule has 0 spiro atoms. The Balaban J connectivity index is 1.26. The first kappa shape index (κ1) is 25.9.